The Morgan fingerprint density at radius 3 is 2.36 bits per heavy atom. The van der Waals surface area contributed by atoms with E-state index < -0.39 is 0 Å². The largest absolute Gasteiger partial charge is 0.395 e. The van der Waals surface area contributed by atoms with E-state index in [1.807, 2.05) is 6.07 Å². The summed E-state index contributed by atoms with van der Waals surface area (Å²) < 4.78 is 0. The van der Waals surface area contributed by atoms with Gasteiger partial charge in [-0.2, -0.15) is 0 Å². The Kier molecular flexibility index (Phi) is 6.50. The second kappa shape index (κ2) is 9.04. The zero-order valence-electron chi connectivity index (χ0n) is 14.4. The molecule has 3 rings (SSSR count). The van der Waals surface area contributed by atoms with E-state index in [2.05, 4.69) is 58.3 Å². The van der Waals surface area contributed by atoms with Gasteiger partial charge < -0.3 is 10.0 Å². The van der Waals surface area contributed by atoms with E-state index in [1.165, 1.54) is 15.4 Å². The van der Waals surface area contributed by atoms with Gasteiger partial charge in [0.15, 0.2) is 0 Å². The molecule has 0 bridgehead atoms. The molecule has 0 amide bonds. The van der Waals surface area contributed by atoms with Gasteiger partial charge >= 0.3 is 0 Å². The number of benzene rings is 2. The van der Waals surface area contributed by atoms with Crippen LogP contribution in [-0.4, -0.2) is 60.1 Å². The lowest BCUT2D eigenvalue weighted by molar-refractivity contribution is 0.146. The van der Waals surface area contributed by atoms with Crippen LogP contribution in [0.4, 0.5) is 0 Å². The SMILES string of the molecule is N=C(Cc1ccccc1Sc1ccccc1)N1CCN(CCO)CC1. The first kappa shape index (κ1) is 18.0. The lowest BCUT2D eigenvalue weighted by Crippen LogP contribution is -2.49. The molecule has 2 aromatic rings. The molecule has 1 aliphatic heterocycles. The van der Waals surface area contributed by atoms with Gasteiger partial charge in [0.25, 0.3) is 0 Å². The molecule has 1 aliphatic rings. The molecule has 25 heavy (non-hydrogen) atoms. The van der Waals surface area contributed by atoms with Gasteiger partial charge in [0.05, 0.1) is 6.61 Å². The summed E-state index contributed by atoms with van der Waals surface area (Å²) in [4.78, 5) is 6.86. The van der Waals surface area contributed by atoms with E-state index in [9.17, 15) is 0 Å². The number of hydrogen-bond donors (Lipinski definition) is 2. The Morgan fingerprint density at radius 2 is 1.64 bits per heavy atom. The van der Waals surface area contributed by atoms with Crippen molar-refractivity contribution in [2.45, 2.75) is 16.2 Å². The van der Waals surface area contributed by atoms with E-state index in [4.69, 9.17) is 10.5 Å². The normalized spacial score (nSPS) is 15.3. The van der Waals surface area contributed by atoms with Gasteiger partial charge in [-0.15, -0.1) is 0 Å². The van der Waals surface area contributed by atoms with Crippen LogP contribution in [0.2, 0.25) is 0 Å². The van der Waals surface area contributed by atoms with E-state index in [-0.39, 0.29) is 6.61 Å². The molecule has 0 radical (unpaired) electrons. The van der Waals surface area contributed by atoms with Crippen LogP contribution in [0.1, 0.15) is 5.56 Å². The molecule has 0 atom stereocenters. The summed E-state index contributed by atoms with van der Waals surface area (Å²) in [6.45, 7) is 4.52. The van der Waals surface area contributed by atoms with Crippen molar-refractivity contribution in [2.75, 3.05) is 39.3 Å². The molecule has 1 fully saturated rings. The fourth-order valence-electron chi connectivity index (χ4n) is 3.04. The monoisotopic (exact) mass is 355 g/mol. The fourth-order valence-corrected chi connectivity index (χ4v) is 4.01. The van der Waals surface area contributed by atoms with Gasteiger partial charge in [-0.1, -0.05) is 48.2 Å². The molecule has 5 heteroatoms. The van der Waals surface area contributed by atoms with E-state index in [0.717, 1.165) is 32.7 Å². The lowest BCUT2D eigenvalue weighted by Gasteiger charge is -2.36. The Labute approximate surface area is 154 Å². The van der Waals surface area contributed by atoms with E-state index in [0.29, 0.717) is 12.3 Å². The predicted octanol–water partition coefficient (Wildman–Crippen LogP) is 2.97. The maximum atomic E-state index is 9.04. The van der Waals surface area contributed by atoms with Crippen LogP contribution < -0.4 is 0 Å². The van der Waals surface area contributed by atoms with Crippen LogP contribution in [0, 0.1) is 5.41 Å². The number of rotatable bonds is 6. The first-order chi connectivity index (χ1) is 12.3. The number of aliphatic hydroxyl groups is 1. The third-order valence-corrected chi connectivity index (χ3v) is 5.60. The van der Waals surface area contributed by atoms with Gasteiger partial charge in [-0.3, -0.25) is 10.3 Å². The standard InChI is InChI=1S/C20H25N3OS/c21-20(23-12-10-22(11-13-23)14-15-24)16-17-6-4-5-9-19(17)25-18-7-2-1-3-8-18/h1-9,21,24H,10-16H2. The second-order valence-electron chi connectivity index (χ2n) is 6.20. The Morgan fingerprint density at radius 1 is 0.960 bits per heavy atom. The number of aliphatic hydroxyl groups excluding tert-OH is 1. The molecule has 132 valence electrons. The predicted molar refractivity (Wildman–Crippen MR) is 104 cm³/mol. The van der Waals surface area contributed by atoms with Crippen LogP contribution >= 0.6 is 11.8 Å². The van der Waals surface area contributed by atoms with Crippen molar-refractivity contribution in [1.82, 2.24) is 9.80 Å². The van der Waals surface area contributed by atoms with Gasteiger partial charge in [0, 0.05) is 48.9 Å². The Hall–Kier alpha value is -1.82. The van der Waals surface area contributed by atoms with Crippen LogP contribution in [0.3, 0.4) is 0 Å². The molecular formula is C20H25N3OS. The minimum absolute atomic E-state index is 0.210. The van der Waals surface area contributed by atoms with Crippen molar-refractivity contribution in [1.29, 1.82) is 5.41 Å². The highest BCUT2D eigenvalue weighted by molar-refractivity contribution is 7.99. The fraction of sp³-hybridized carbons (Fsp3) is 0.350. The minimum Gasteiger partial charge on any atom is -0.395 e. The zero-order chi connectivity index (χ0) is 17.5. The Balaban J connectivity index is 1.62. The number of amidine groups is 1. The number of hydrogen-bond acceptors (Lipinski definition) is 4. The van der Waals surface area contributed by atoms with Crippen molar-refractivity contribution >= 4 is 17.6 Å². The highest BCUT2D eigenvalue weighted by Gasteiger charge is 2.19. The highest BCUT2D eigenvalue weighted by atomic mass is 32.2. The molecule has 1 heterocycles. The van der Waals surface area contributed by atoms with E-state index >= 15 is 0 Å². The summed E-state index contributed by atoms with van der Waals surface area (Å²) in [5.74, 6) is 0.685. The Bertz CT molecular complexity index is 684. The summed E-state index contributed by atoms with van der Waals surface area (Å²) in [5.41, 5.74) is 1.21. The topological polar surface area (TPSA) is 50.6 Å². The van der Waals surface area contributed by atoms with Gasteiger partial charge in [-0.05, 0) is 23.8 Å². The maximum Gasteiger partial charge on any atom is 0.100 e. The average molecular weight is 356 g/mol. The number of nitrogens with one attached hydrogen (secondary N) is 1. The van der Waals surface area contributed by atoms with Crippen molar-refractivity contribution in [3.63, 3.8) is 0 Å². The van der Waals surface area contributed by atoms with Crippen LogP contribution in [0.25, 0.3) is 0 Å². The third kappa shape index (κ3) is 5.08. The minimum atomic E-state index is 0.210. The average Bonchev–Trinajstić information content (AvgIpc) is 2.65. The molecule has 1 saturated heterocycles. The number of nitrogens with zero attached hydrogens (tertiary/aromatic N) is 2. The molecule has 0 aromatic heterocycles. The quantitative estimate of drug-likeness (QED) is 0.618. The molecule has 0 spiro atoms. The summed E-state index contributed by atoms with van der Waals surface area (Å²) in [6.07, 6.45) is 0.663. The summed E-state index contributed by atoms with van der Waals surface area (Å²) in [5, 5.41) is 17.6. The molecule has 0 aliphatic carbocycles. The first-order valence-corrected chi connectivity index (χ1v) is 9.54. The van der Waals surface area contributed by atoms with Crippen molar-refractivity contribution in [3.05, 3.63) is 60.2 Å². The first-order valence-electron chi connectivity index (χ1n) is 8.72. The molecule has 0 saturated carbocycles. The van der Waals surface area contributed by atoms with Crippen LogP contribution in [-0.2, 0) is 6.42 Å². The summed E-state index contributed by atoms with van der Waals surface area (Å²) >= 11 is 1.76. The second-order valence-corrected chi connectivity index (χ2v) is 7.31. The number of β-amino-alcohol motifs (C(OH)–C–C–N with tert-alkyl or cyclic N) is 1. The van der Waals surface area contributed by atoms with Crippen LogP contribution in [0.15, 0.2) is 64.4 Å². The van der Waals surface area contributed by atoms with Gasteiger partial charge in [0.2, 0.25) is 0 Å². The molecule has 2 N–H and O–H groups in total. The molecule has 0 unspecified atom stereocenters. The summed E-state index contributed by atoms with van der Waals surface area (Å²) in [7, 11) is 0. The van der Waals surface area contributed by atoms with Gasteiger partial charge in [0.1, 0.15) is 5.84 Å². The zero-order valence-corrected chi connectivity index (χ0v) is 15.2. The smallest absolute Gasteiger partial charge is 0.100 e. The summed E-state index contributed by atoms with van der Waals surface area (Å²) in [6, 6.07) is 18.8. The van der Waals surface area contributed by atoms with Crippen molar-refractivity contribution < 1.29 is 5.11 Å². The van der Waals surface area contributed by atoms with Crippen molar-refractivity contribution in [2.24, 2.45) is 0 Å². The molecule has 2 aromatic carbocycles. The third-order valence-electron chi connectivity index (χ3n) is 4.47. The van der Waals surface area contributed by atoms with Crippen LogP contribution in [0.5, 0.6) is 0 Å². The highest BCUT2D eigenvalue weighted by Crippen LogP contribution is 2.30. The van der Waals surface area contributed by atoms with Crippen molar-refractivity contribution in [3.8, 4) is 0 Å². The molecular weight excluding hydrogens is 330 g/mol. The number of piperazine rings is 1. The maximum absolute atomic E-state index is 9.04. The van der Waals surface area contributed by atoms with Gasteiger partial charge in [-0.25, -0.2) is 0 Å². The van der Waals surface area contributed by atoms with E-state index in [1.54, 1.807) is 11.8 Å². The molecule has 4 nitrogen and oxygen atoms in total. The lowest BCUT2D eigenvalue weighted by atomic mass is 10.1.